The smallest absolute Gasteiger partial charge is 0.0792 e. The lowest BCUT2D eigenvalue weighted by Gasteiger charge is -2.13. The van der Waals surface area contributed by atoms with E-state index in [2.05, 4.69) is 20.8 Å². The lowest BCUT2D eigenvalue weighted by atomic mass is 9.99. The molecule has 1 aromatic rings. The van der Waals surface area contributed by atoms with Gasteiger partial charge in [0, 0.05) is 0 Å². The van der Waals surface area contributed by atoms with E-state index in [1.165, 1.54) is 5.56 Å². The molecule has 72 valence electrons. The minimum atomic E-state index is -0.305. The van der Waals surface area contributed by atoms with Crippen LogP contribution in [-0.2, 0) is 0 Å². The minimum absolute atomic E-state index is 0.305. The van der Waals surface area contributed by atoms with Gasteiger partial charge in [0.2, 0.25) is 0 Å². The van der Waals surface area contributed by atoms with Crippen molar-refractivity contribution in [3.05, 3.63) is 35.4 Å². The standard InChI is InChI=1S/C12H18O/c1-9(2)8-12(13)11-6-4-10(3)5-7-11/h4-7,9,12-13H,8H2,1-3H3/t12-/m0/s1. The van der Waals surface area contributed by atoms with Crippen LogP contribution in [0.5, 0.6) is 0 Å². The molecule has 0 heterocycles. The third kappa shape index (κ3) is 3.19. The SMILES string of the molecule is Cc1ccc([C@@H](O)CC(C)C)cc1. The van der Waals surface area contributed by atoms with Crippen molar-refractivity contribution < 1.29 is 5.11 Å². The summed E-state index contributed by atoms with van der Waals surface area (Å²) in [6.45, 7) is 6.30. The van der Waals surface area contributed by atoms with E-state index in [0.717, 1.165) is 12.0 Å². The highest BCUT2D eigenvalue weighted by atomic mass is 16.3. The van der Waals surface area contributed by atoms with Gasteiger partial charge in [0.15, 0.2) is 0 Å². The van der Waals surface area contributed by atoms with E-state index in [4.69, 9.17) is 0 Å². The summed E-state index contributed by atoms with van der Waals surface area (Å²) >= 11 is 0. The number of rotatable bonds is 3. The monoisotopic (exact) mass is 178 g/mol. The first-order chi connectivity index (χ1) is 6.09. The first-order valence-electron chi connectivity index (χ1n) is 4.84. The molecule has 1 rings (SSSR count). The molecule has 1 aromatic carbocycles. The van der Waals surface area contributed by atoms with Crippen LogP contribution in [-0.4, -0.2) is 5.11 Å². The van der Waals surface area contributed by atoms with Gasteiger partial charge in [-0.15, -0.1) is 0 Å². The summed E-state index contributed by atoms with van der Waals surface area (Å²) in [5.41, 5.74) is 2.26. The quantitative estimate of drug-likeness (QED) is 0.754. The van der Waals surface area contributed by atoms with Gasteiger partial charge in [-0.3, -0.25) is 0 Å². The van der Waals surface area contributed by atoms with E-state index in [9.17, 15) is 5.11 Å². The first-order valence-corrected chi connectivity index (χ1v) is 4.84. The van der Waals surface area contributed by atoms with Crippen LogP contribution in [0.2, 0.25) is 0 Å². The summed E-state index contributed by atoms with van der Waals surface area (Å²) in [6.07, 6.45) is 0.531. The fourth-order valence-corrected chi connectivity index (χ4v) is 1.37. The zero-order chi connectivity index (χ0) is 9.84. The van der Waals surface area contributed by atoms with Crippen molar-refractivity contribution in [2.75, 3.05) is 0 Å². The third-order valence-electron chi connectivity index (χ3n) is 2.16. The van der Waals surface area contributed by atoms with Crippen molar-refractivity contribution in [1.82, 2.24) is 0 Å². The van der Waals surface area contributed by atoms with E-state index in [1.807, 2.05) is 24.3 Å². The number of hydrogen-bond acceptors (Lipinski definition) is 1. The Morgan fingerprint density at radius 2 is 1.69 bits per heavy atom. The number of aliphatic hydroxyl groups is 1. The molecule has 0 aliphatic heterocycles. The Morgan fingerprint density at radius 3 is 2.15 bits per heavy atom. The third-order valence-corrected chi connectivity index (χ3v) is 2.16. The molecule has 0 aromatic heterocycles. The van der Waals surface area contributed by atoms with Crippen LogP contribution in [0.3, 0.4) is 0 Å². The number of aryl methyl sites for hydroxylation is 1. The number of benzene rings is 1. The highest BCUT2D eigenvalue weighted by Gasteiger charge is 2.08. The van der Waals surface area contributed by atoms with Gasteiger partial charge in [-0.05, 0) is 24.8 Å². The summed E-state index contributed by atoms with van der Waals surface area (Å²) < 4.78 is 0. The van der Waals surface area contributed by atoms with Crippen molar-refractivity contribution in [2.24, 2.45) is 5.92 Å². The van der Waals surface area contributed by atoms with Gasteiger partial charge < -0.3 is 5.11 Å². The molecular formula is C12H18O. The Morgan fingerprint density at radius 1 is 1.15 bits per heavy atom. The fraction of sp³-hybridized carbons (Fsp3) is 0.500. The van der Waals surface area contributed by atoms with Gasteiger partial charge in [0.05, 0.1) is 6.10 Å². The predicted octanol–water partition coefficient (Wildman–Crippen LogP) is 3.07. The normalized spacial score (nSPS) is 13.3. The molecule has 13 heavy (non-hydrogen) atoms. The summed E-state index contributed by atoms with van der Waals surface area (Å²) in [5, 5.41) is 9.78. The maximum atomic E-state index is 9.78. The maximum absolute atomic E-state index is 9.78. The summed E-state index contributed by atoms with van der Waals surface area (Å²) in [7, 11) is 0. The molecular weight excluding hydrogens is 160 g/mol. The highest BCUT2D eigenvalue weighted by Crippen LogP contribution is 2.20. The molecule has 0 unspecified atom stereocenters. The Balaban J connectivity index is 2.66. The van der Waals surface area contributed by atoms with Crippen molar-refractivity contribution in [3.8, 4) is 0 Å². The Kier molecular flexibility index (Phi) is 3.49. The topological polar surface area (TPSA) is 20.2 Å². The first kappa shape index (κ1) is 10.3. The van der Waals surface area contributed by atoms with Crippen molar-refractivity contribution in [1.29, 1.82) is 0 Å². The zero-order valence-corrected chi connectivity index (χ0v) is 8.62. The molecule has 0 fully saturated rings. The lowest BCUT2D eigenvalue weighted by molar-refractivity contribution is 0.151. The summed E-state index contributed by atoms with van der Waals surface area (Å²) in [5.74, 6) is 0.538. The van der Waals surface area contributed by atoms with Crippen LogP contribution < -0.4 is 0 Å². The molecule has 0 bridgehead atoms. The van der Waals surface area contributed by atoms with Crippen LogP contribution >= 0.6 is 0 Å². The predicted molar refractivity (Wildman–Crippen MR) is 55.6 cm³/mol. The van der Waals surface area contributed by atoms with E-state index in [-0.39, 0.29) is 6.10 Å². The van der Waals surface area contributed by atoms with Crippen LogP contribution in [0, 0.1) is 12.8 Å². The second-order valence-corrected chi connectivity index (χ2v) is 4.06. The molecule has 0 saturated carbocycles. The van der Waals surface area contributed by atoms with Gasteiger partial charge in [-0.25, -0.2) is 0 Å². The molecule has 1 heteroatoms. The van der Waals surface area contributed by atoms with Crippen molar-refractivity contribution in [3.63, 3.8) is 0 Å². The van der Waals surface area contributed by atoms with Gasteiger partial charge >= 0.3 is 0 Å². The van der Waals surface area contributed by atoms with Crippen LogP contribution in [0.4, 0.5) is 0 Å². The molecule has 0 aliphatic carbocycles. The Labute approximate surface area is 80.4 Å². The average Bonchev–Trinajstić information content (AvgIpc) is 2.04. The summed E-state index contributed by atoms with van der Waals surface area (Å²) in [4.78, 5) is 0. The Hall–Kier alpha value is -0.820. The van der Waals surface area contributed by atoms with E-state index in [0.29, 0.717) is 5.92 Å². The molecule has 0 radical (unpaired) electrons. The maximum Gasteiger partial charge on any atom is 0.0792 e. The van der Waals surface area contributed by atoms with E-state index < -0.39 is 0 Å². The Bertz CT molecular complexity index is 248. The molecule has 0 amide bonds. The van der Waals surface area contributed by atoms with Gasteiger partial charge in [-0.2, -0.15) is 0 Å². The van der Waals surface area contributed by atoms with Crippen LogP contribution in [0.1, 0.15) is 37.5 Å². The van der Waals surface area contributed by atoms with Gasteiger partial charge in [0.25, 0.3) is 0 Å². The van der Waals surface area contributed by atoms with E-state index >= 15 is 0 Å². The molecule has 1 atom stereocenters. The number of aliphatic hydroxyl groups excluding tert-OH is 1. The molecule has 0 aliphatic rings. The van der Waals surface area contributed by atoms with Gasteiger partial charge in [0.1, 0.15) is 0 Å². The fourth-order valence-electron chi connectivity index (χ4n) is 1.37. The molecule has 1 N–H and O–H groups in total. The number of hydrogen-bond donors (Lipinski definition) is 1. The zero-order valence-electron chi connectivity index (χ0n) is 8.62. The molecule has 0 spiro atoms. The second-order valence-electron chi connectivity index (χ2n) is 4.06. The van der Waals surface area contributed by atoms with Crippen LogP contribution in [0.25, 0.3) is 0 Å². The molecule has 0 saturated heterocycles. The largest absolute Gasteiger partial charge is 0.388 e. The van der Waals surface area contributed by atoms with Crippen molar-refractivity contribution >= 4 is 0 Å². The minimum Gasteiger partial charge on any atom is -0.388 e. The second kappa shape index (κ2) is 4.43. The lowest BCUT2D eigenvalue weighted by Crippen LogP contribution is -2.01. The van der Waals surface area contributed by atoms with Gasteiger partial charge in [-0.1, -0.05) is 43.7 Å². The average molecular weight is 178 g/mol. The van der Waals surface area contributed by atoms with E-state index in [1.54, 1.807) is 0 Å². The molecule has 1 nitrogen and oxygen atoms in total. The van der Waals surface area contributed by atoms with Crippen LogP contribution in [0.15, 0.2) is 24.3 Å². The highest BCUT2D eigenvalue weighted by molar-refractivity contribution is 5.22. The van der Waals surface area contributed by atoms with Crippen molar-refractivity contribution in [2.45, 2.75) is 33.3 Å². The summed E-state index contributed by atoms with van der Waals surface area (Å²) in [6, 6.07) is 8.09.